The fourth-order valence-electron chi connectivity index (χ4n) is 2.44. The first kappa shape index (κ1) is 18.1. The lowest BCUT2D eigenvalue weighted by Crippen LogP contribution is -2.29. The van der Waals surface area contributed by atoms with Gasteiger partial charge in [0.15, 0.2) is 0 Å². The SMILES string of the molecule is C/C=C1/C=C(c2ccc(OC(F)(F)F)cc2COC)C=CN1NC. The van der Waals surface area contributed by atoms with E-state index in [2.05, 4.69) is 10.2 Å². The predicted molar refractivity (Wildman–Crippen MR) is 85.6 cm³/mol. The normalized spacial score (nSPS) is 16.5. The minimum atomic E-state index is -4.72. The molecule has 1 aromatic rings. The zero-order valence-corrected chi connectivity index (χ0v) is 13.6. The molecule has 0 amide bonds. The van der Waals surface area contributed by atoms with Gasteiger partial charge >= 0.3 is 6.36 Å². The molecule has 0 saturated carbocycles. The summed E-state index contributed by atoms with van der Waals surface area (Å²) < 4.78 is 46.3. The van der Waals surface area contributed by atoms with Crippen molar-refractivity contribution in [3.05, 3.63) is 59.5 Å². The molecule has 1 aromatic carbocycles. The van der Waals surface area contributed by atoms with Crippen molar-refractivity contribution in [3.63, 3.8) is 0 Å². The van der Waals surface area contributed by atoms with E-state index in [0.717, 1.165) is 16.8 Å². The molecule has 4 nitrogen and oxygen atoms in total. The summed E-state index contributed by atoms with van der Waals surface area (Å²) in [6, 6.07) is 4.26. The molecule has 0 atom stereocenters. The van der Waals surface area contributed by atoms with Crippen LogP contribution in [0.1, 0.15) is 18.1 Å². The zero-order valence-electron chi connectivity index (χ0n) is 13.6. The molecular formula is C17H19F3N2O2. The maximum absolute atomic E-state index is 12.4. The van der Waals surface area contributed by atoms with Crippen LogP contribution < -0.4 is 10.2 Å². The number of nitrogens with one attached hydrogen (secondary N) is 1. The van der Waals surface area contributed by atoms with E-state index in [9.17, 15) is 13.2 Å². The third kappa shape index (κ3) is 4.39. The highest BCUT2D eigenvalue weighted by atomic mass is 19.4. The summed E-state index contributed by atoms with van der Waals surface area (Å²) >= 11 is 0. The lowest BCUT2D eigenvalue weighted by Gasteiger charge is -2.25. The zero-order chi connectivity index (χ0) is 17.7. The Bertz CT molecular complexity index is 679. The minimum absolute atomic E-state index is 0.177. The van der Waals surface area contributed by atoms with Gasteiger partial charge in [-0.25, -0.2) is 5.43 Å². The predicted octanol–water partition coefficient (Wildman–Crippen LogP) is 3.98. The van der Waals surface area contributed by atoms with Crippen LogP contribution in [0.4, 0.5) is 13.2 Å². The Kier molecular flexibility index (Phi) is 5.69. The van der Waals surface area contributed by atoms with Gasteiger partial charge in [0.2, 0.25) is 0 Å². The second kappa shape index (κ2) is 7.55. The molecule has 1 aliphatic rings. The fraction of sp³-hybridized carbons (Fsp3) is 0.294. The number of hydrogen-bond donors (Lipinski definition) is 1. The molecule has 0 saturated heterocycles. The standard InChI is InChI=1S/C17H19F3N2O2/c1-4-14-9-12(7-8-22(14)21-2)16-6-5-15(24-17(18,19)20)10-13(16)11-23-3/h4-10,21H,11H2,1-3H3/b14-4-. The highest BCUT2D eigenvalue weighted by molar-refractivity contribution is 5.79. The Labute approximate surface area is 138 Å². The molecule has 1 N–H and O–H groups in total. The topological polar surface area (TPSA) is 33.7 Å². The van der Waals surface area contributed by atoms with Crippen LogP contribution in [-0.2, 0) is 11.3 Å². The Morgan fingerprint density at radius 2 is 2.04 bits per heavy atom. The maximum atomic E-state index is 12.4. The van der Waals surface area contributed by atoms with Crippen molar-refractivity contribution >= 4 is 5.57 Å². The van der Waals surface area contributed by atoms with E-state index in [4.69, 9.17) is 4.74 Å². The summed E-state index contributed by atoms with van der Waals surface area (Å²) in [5, 5.41) is 1.83. The van der Waals surface area contributed by atoms with E-state index >= 15 is 0 Å². The van der Waals surface area contributed by atoms with Gasteiger partial charge in [0.1, 0.15) is 5.75 Å². The third-order valence-corrected chi connectivity index (χ3v) is 3.44. The Morgan fingerprint density at radius 3 is 2.62 bits per heavy atom. The number of allylic oxidation sites excluding steroid dienone is 4. The van der Waals surface area contributed by atoms with E-state index in [1.807, 2.05) is 36.4 Å². The second-order valence-corrected chi connectivity index (χ2v) is 5.02. The number of halogens is 3. The van der Waals surface area contributed by atoms with E-state index in [1.165, 1.54) is 19.2 Å². The molecule has 0 bridgehead atoms. The number of nitrogens with zero attached hydrogens (tertiary/aromatic N) is 1. The van der Waals surface area contributed by atoms with Gasteiger partial charge in [-0.15, -0.1) is 13.2 Å². The van der Waals surface area contributed by atoms with Crippen molar-refractivity contribution in [2.45, 2.75) is 19.9 Å². The number of methoxy groups -OCH3 is 1. The highest BCUT2D eigenvalue weighted by Crippen LogP contribution is 2.31. The number of alkyl halides is 3. The molecule has 2 rings (SSSR count). The van der Waals surface area contributed by atoms with Crippen molar-refractivity contribution in [3.8, 4) is 5.75 Å². The van der Waals surface area contributed by atoms with Gasteiger partial charge in [-0.2, -0.15) is 0 Å². The molecule has 0 spiro atoms. The van der Waals surface area contributed by atoms with Crippen molar-refractivity contribution in [2.75, 3.05) is 14.2 Å². The molecular weight excluding hydrogens is 321 g/mol. The smallest absolute Gasteiger partial charge is 0.406 e. The molecule has 0 aliphatic carbocycles. The summed E-state index contributed by atoms with van der Waals surface area (Å²) in [5.41, 5.74) is 6.22. The number of benzene rings is 1. The van der Waals surface area contributed by atoms with Gasteiger partial charge in [0, 0.05) is 20.4 Å². The van der Waals surface area contributed by atoms with Crippen LogP contribution in [0, 0.1) is 0 Å². The van der Waals surface area contributed by atoms with Crippen LogP contribution in [0.3, 0.4) is 0 Å². The summed E-state index contributed by atoms with van der Waals surface area (Å²) in [7, 11) is 3.29. The molecule has 0 aromatic heterocycles. The first-order chi connectivity index (χ1) is 11.4. The van der Waals surface area contributed by atoms with Gasteiger partial charge in [0.25, 0.3) is 0 Å². The van der Waals surface area contributed by atoms with Crippen molar-refractivity contribution in [2.24, 2.45) is 0 Å². The Hall–Kier alpha value is -2.25. The molecule has 0 unspecified atom stereocenters. The molecule has 0 fully saturated rings. The summed E-state index contributed by atoms with van der Waals surface area (Å²) in [5.74, 6) is -0.262. The first-order valence-corrected chi connectivity index (χ1v) is 7.28. The highest BCUT2D eigenvalue weighted by Gasteiger charge is 2.31. The van der Waals surface area contributed by atoms with Crippen molar-refractivity contribution in [1.29, 1.82) is 0 Å². The van der Waals surface area contributed by atoms with E-state index < -0.39 is 6.36 Å². The lowest BCUT2D eigenvalue weighted by molar-refractivity contribution is -0.274. The van der Waals surface area contributed by atoms with Crippen LogP contribution in [0.5, 0.6) is 5.75 Å². The van der Waals surface area contributed by atoms with Crippen LogP contribution in [-0.4, -0.2) is 25.5 Å². The van der Waals surface area contributed by atoms with Crippen LogP contribution in [0.25, 0.3) is 5.57 Å². The molecule has 130 valence electrons. The Balaban J connectivity index is 2.39. The van der Waals surface area contributed by atoms with E-state index in [1.54, 1.807) is 13.1 Å². The third-order valence-electron chi connectivity index (χ3n) is 3.44. The summed E-state index contributed by atoms with van der Waals surface area (Å²) in [6.07, 6.45) is 2.87. The van der Waals surface area contributed by atoms with Crippen LogP contribution in [0.2, 0.25) is 0 Å². The fourth-order valence-corrected chi connectivity index (χ4v) is 2.44. The first-order valence-electron chi connectivity index (χ1n) is 7.28. The molecule has 24 heavy (non-hydrogen) atoms. The second-order valence-electron chi connectivity index (χ2n) is 5.02. The summed E-state index contributed by atoms with van der Waals surface area (Å²) in [6.45, 7) is 2.08. The number of hydrogen-bond acceptors (Lipinski definition) is 4. The number of ether oxygens (including phenoxy) is 2. The Morgan fingerprint density at radius 1 is 1.29 bits per heavy atom. The van der Waals surface area contributed by atoms with Gasteiger partial charge in [-0.05, 0) is 47.9 Å². The van der Waals surface area contributed by atoms with E-state index in [-0.39, 0.29) is 12.4 Å². The molecule has 7 heteroatoms. The van der Waals surface area contributed by atoms with Crippen molar-refractivity contribution in [1.82, 2.24) is 10.4 Å². The average molecular weight is 340 g/mol. The average Bonchev–Trinajstić information content (AvgIpc) is 2.53. The largest absolute Gasteiger partial charge is 0.573 e. The van der Waals surface area contributed by atoms with Gasteiger partial charge in [-0.3, -0.25) is 5.01 Å². The number of rotatable bonds is 5. The molecule has 0 radical (unpaired) electrons. The minimum Gasteiger partial charge on any atom is -0.406 e. The quantitative estimate of drug-likeness (QED) is 0.879. The van der Waals surface area contributed by atoms with Crippen LogP contribution in [0.15, 0.2) is 48.3 Å². The van der Waals surface area contributed by atoms with Gasteiger partial charge in [-0.1, -0.05) is 12.1 Å². The van der Waals surface area contributed by atoms with Crippen LogP contribution >= 0.6 is 0 Å². The monoisotopic (exact) mass is 340 g/mol. The van der Waals surface area contributed by atoms with Gasteiger partial charge in [0.05, 0.1) is 12.3 Å². The lowest BCUT2D eigenvalue weighted by atomic mass is 9.97. The maximum Gasteiger partial charge on any atom is 0.573 e. The van der Waals surface area contributed by atoms with E-state index in [0.29, 0.717) is 5.56 Å². The van der Waals surface area contributed by atoms with Crippen molar-refractivity contribution < 1.29 is 22.6 Å². The molecule has 1 heterocycles. The summed E-state index contributed by atoms with van der Waals surface area (Å²) in [4.78, 5) is 0. The molecule has 1 aliphatic heterocycles. The van der Waals surface area contributed by atoms with Gasteiger partial charge < -0.3 is 9.47 Å². The number of hydrazine groups is 1.